The monoisotopic (exact) mass is 249 g/mol. The fraction of sp³-hybridized carbons (Fsp3) is 0. The van der Waals surface area contributed by atoms with Crippen molar-refractivity contribution in [2.24, 2.45) is 0 Å². The first-order valence-corrected chi connectivity index (χ1v) is 2.00. The molecule has 0 aromatic rings. The molecule has 0 spiro atoms. The van der Waals surface area contributed by atoms with E-state index in [4.69, 9.17) is 17.5 Å². The molecule has 7 heavy (non-hydrogen) atoms. The summed E-state index contributed by atoms with van der Waals surface area (Å²) in [5.41, 5.74) is 0. The van der Waals surface area contributed by atoms with Gasteiger partial charge >= 0.3 is 78.7 Å². The van der Waals surface area contributed by atoms with Crippen molar-refractivity contribution in [3.05, 3.63) is 0 Å². The first-order valence-electron chi connectivity index (χ1n) is 0.667. The van der Waals surface area contributed by atoms with Crippen molar-refractivity contribution in [1.29, 1.82) is 0 Å². The van der Waals surface area contributed by atoms with Gasteiger partial charge in [0, 0.05) is 10.4 Å². The predicted molar refractivity (Wildman–Crippen MR) is 10.5 cm³/mol. The van der Waals surface area contributed by atoms with Gasteiger partial charge in [0.15, 0.2) is 0 Å². The number of hydrogen-bond acceptors (Lipinski definition) is 4. The molecule has 0 rings (SSSR count). The van der Waals surface area contributed by atoms with Crippen LogP contribution in [0, 0.1) is 0 Å². The molecule has 0 radical (unpaired) electrons. The molecule has 0 bridgehead atoms. The van der Waals surface area contributed by atoms with Gasteiger partial charge in [-0.25, -0.2) is 0 Å². The Labute approximate surface area is 104 Å². The third-order valence-electron chi connectivity index (χ3n) is 0. The van der Waals surface area contributed by atoms with Crippen LogP contribution in [0.2, 0.25) is 0 Å². The maximum Gasteiger partial charge on any atom is 2.00 e. The molecule has 0 saturated heterocycles. The topological polar surface area (TPSA) is 80.3 Å². The van der Waals surface area contributed by atoms with Crippen molar-refractivity contribution in [3.63, 3.8) is 0 Å². The van der Waals surface area contributed by atoms with Crippen molar-refractivity contribution in [2.75, 3.05) is 0 Å². The van der Waals surface area contributed by atoms with Crippen molar-refractivity contribution in [3.8, 4) is 0 Å². The molecule has 0 amide bonds. The zero-order valence-electron chi connectivity index (χ0n) is 3.75. The van der Waals surface area contributed by atoms with E-state index in [2.05, 4.69) is 0 Å². The van der Waals surface area contributed by atoms with E-state index >= 15 is 0 Å². The Morgan fingerprint density at radius 1 is 1.14 bits per heavy atom. The molecule has 0 aromatic carbocycles. The number of rotatable bonds is 0. The van der Waals surface area contributed by atoms with Gasteiger partial charge in [-0.05, 0) is 0 Å². The fourth-order valence-electron chi connectivity index (χ4n) is 0. The average molecular weight is 248 g/mol. The molecule has 0 aromatic heterocycles. The van der Waals surface area contributed by atoms with E-state index in [0.717, 1.165) is 0 Å². The standard InChI is InChI=1S/Cd.K.H2O4S/c;;1-5(2,3)4/h;;(H2,1,2,3,4)/q+2;+1;/p-2. The molecule has 0 N–H and O–H groups in total. The average Bonchev–Trinajstić information content (AvgIpc) is 0.722. The van der Waals surface area contributed by atoms with Crippen LogP contribution < -0.4 is 51.4 Å². The largest absolute Gasteiger partial charge is 2.00 e. The first-order chi connectivity index (χ1) is 2.00. The van der Waals surface area contributed by atoms with Crippen LogP contribution in [0.15, 0.2) is 0 Å². The van der Waals surface area contributed by atoms with Crippen LogP contribution >= 0.6 is 0 Å². The fourth-order valence-corrected chi connectivity index (χ4v) is 0. The second-order valence-corrected chi connectivity index (χ2v) is 1.22. The van der Waals surface area contributed by atoms with Gasteiger partial charge in [0.25, 0.3) is 0 Å². The van der Waals surface area contributed by atoms with Gasteiger partial charge in [-0.3, -0.25) is 8.42 Å². The van der Waals surface area contributed by atoms with Crippen LogP contribution in [0.5, 0.6) is 0 Å². The van der Waals surface area contributed by atoms with Gasteiger partial charge in [-0.1, -0.05) is 0 Å². The molecule has 0 unspecified atom stereocenters. The van der Waals surface area contributed by atoms with E-state index in [-0.39, 0.29) is 78.7 Å². The van der Waals surface area contributed by atoms with E-state index in [0.29, 0.717) is 0 Å². The maximum absolute atomic E-state index is 8.52. The zero-order valence-corrected chi connectivity index (χ0v) is 11.7. The summed E-state index contributed by atoms with van der Waals surface area (Å²) < 4.78 is 34.1. The molecular formula is CdKO4S+. The van der Waals surface area contributed by atoms with E-state index in [1.807, 2.05) is 0 Å². The minimum atomic E-state index is -5.17. The second-order valence-electron chi connectivity index (χ2n) is 0.408. The summed E-state index contributed by atoms with van der Waals surface area (Å²) in [6.45, 7) is 0. The summed E-state index contributed by atoms with van der Waals surface area (Å²) >= 11 is 0. The SMILES string of the molecule is O=S(=O)([O-])[O-].[Cd+2].[K+]. The first kappa shape index (κ1) is 16.2. The molecule has 4 nitrogen and oxygen atoms in total. The van der Waals surface area contributed by atoms with Gasteiger partial charge in [0.05, 0.1) is 0 Å². The smallest absolute Gasteiger partial charge is 0.759 e. The normalized spacial score (nSPS) is 8.29. The zero-order chi connectivity index (χ0) is 4.50. The van der Waals surface area contributed by atoms with Crippen LogP contribution in [0.1, 0.15) is 0 Å². The van der Waals surface area contributed by atoms with Crippen molar-refractivity contribution in [2.45, 2.75) is 0 Å². The Morgan fingerprint density at radius 3 is 1.14 bits per heavy atom. The van der Waals surface area contributed by atoms with Crippen LogP contribution in [-0.2, 0) is 37.7 Å². The summed E-state index contributed by atoms with van der Waals surface area (Å²) in [5.74, 6) is 0. The van der Waals surface area contributed by atoms with Crippen LogP contribution in [0.3, 0.4) is 0 Å². The molecule has 0 aliphatic carbocycles. The molecule has 0 aliphatic heterocycles. The Kier molecular flexibility index (Phi) is 15.2. The van der Waals surface area contributed by atoms with Gasteiger partial charge in [-0.2, -0.15) is 0 Å². The van der Waals surface area contributed by atoms with Crippen LogP contribution in [-0.4, -0.2) is 17.5 Å². The molecule has 32 valence electrons. The summed E-state index contributed by atoms with van der Waals surface area (Å²) in [5, 5.41) is 0. The van der Waals surface area contributed by atoms with E-state index in [1.165, 1.54) is 0 Å². The predicted octanol–water partition coefficient (Wildman–Crippen LogP) is -4.34. The van der Waals surface area contributed by atoms with Crippen molar-refractivity contribution in [1.82, 2.24) is 0 Å². The summed E-state index contributed by atoms with van der Waals surface area (Å²) in [7, 11) is -5.17. The van der Waals surface area contributed by atoms with Gasteiger partial charge in [0.2, 0.25) is 0 Å². The minimum absolute atomic E-state index is 0. The molecule has 7 heteroatoms. The van der Waals surface area contributed by atoms with Gasteiger partial charge < -0.3 is 9.11 Å². The third kappa shape index (κ3) is 59.1. The van der Waals surface area contributed by atoms with Crippen LogP contribution in [0.25, 0.3) is 0 Å². The van der Waals surface area contributed by atoms with Crippen molar-refractivity contribution >= 4 is 10.4 Å². The molecule has 0 aliphatic rings. The van der Waals surface area contributed by atoms with Crippen LogP contribution in [0.4, 0.5) is 0 Å². The Bertz CT molecular complexity index is 94.9. The Balaban J connectivity index is -0.0000000800. The molecular weight excluding hydrogens is 248 g/mol. The van der Waals surface area contributed by atoms with E-state index < -0.39 is 10.4 Å². The molecule has 0 heterocycles. The van der Waals surface area contributed by atoms with Gasteiger partial charge in [-0.15, -0.1) is 0 Å². The quantitative estimate of drug-likeness (QED) is 0.246. The van der Waals surface area contributed by atoms with E-state index in [9.17, 15) is 0 Å². The summed E-state index contributed by atoms with van der Waals surface area (Å²) in [4.78, 5) is 0. The molecule has 0 fully saturated rings. The Morgan fingerprint density at radius 2 is 1.14 bits per heavy atom. The van der Waals surface area contributed by atoms with Gasteiger partial charge in [0.1, 0.15) is 0 Å². The van der Waals surface area contributed by atoms with Crippen molar-refractivity contribution < 1.29 is 96.2 Å². The second kappa shape index (κ2) is 6.55. The third-order valence-corrected chi connectivity index (χ3v) is 0. The minimum Gasteiger partial charge on any atom is -0.759 e. The van der Waals surface area contributed by atoms with E-state index in [1.54, 1.807) is 0 Å². The summed E-state index contributed by atoms with van der Waals surface area (Å²) in [6, 6.07) is 0. The number of hydrogen-bond donors (Lipinski definition) is 0. The summed E-state index contributed by atoms with van der Waals surface area (Å²) in [6.07, 6.45) is 0. The maximum atomic E-state index is 8.52. The molecule has 0 atom stereocenters. The Hall–Kier alpha value is 2.43. The molecule has 0 saturated carbocycles.